The number of nitrogens with zero attached hydrogens (tertiary/aromatic N) is 1. The molecular formula is C10H22N2O2S. The number of hydrogen-bond acceptors (Lipinski definition) is 3. The molecule has 0 spiro atoms. The lowest BCUT2D eigenvalue weighted by Gasteiger charge is -2.38. The van der Waals surface area contributed by atoms with Gasteiger partial charge < -0.3 is 5.32 Å². The molecule has 4 nitrogen and oxygen atoms in total. The van der Waals surface area contributed by atoms with Crippen molar-refractivity contribution >= 4 is 10.0 Å². The minimum atomic E-state index is -3.06. The summed E-state index contributed by atoms with van der Waals surface area (Å²) in [4.78, 5) is 0. The zero-order chi connectivity index (χ0) is 11.7. The van der Waals surface area contributed by atoms with Crippen molar-refractivity contribution in [3.8, 4) is 0 Å². The van der Waals surface area contributed by atoms with Gasteiger partial charge in [-0.15, -0.1) is 0 Å². The van der Waals surface area contributed by atoms with Crippen molar-refractivity contribution in [3.63, 3.8) is 0 Å². The largest absolute Gasteiger partial charge is 0.309 e. The lowest BCUT2D eigenvalue weighted by atomic mass is 10.0. The van der Waals surface area contributed by atoms with Gasteiger partial charge >= 0.3 is 0 Å². The molecule has 0 aromatic heterocycles. The normalized spacial score (nSPS) is 23.3. The molecule has 0 radical (unpaired) electrons. The maximum Gasteiger partial charge on any atom is 0.214 e. The van der Waals surface area contributed by atoms with Crippen LogP contribution in [0, 0.1) is 5.92 Å². The Labute approximate surface area is 93.1 Å². The van der Waals surface area contributed by atoms with Gasteiger partial charge in [-0.25, -0.2) is 8.42 Å². The quantitative estimate of drug-likeness (QED) is 0.780. The first-order valence-electron chi connectivity index (χ1n) is 5.46. The molecule has 1 fully saturated rings. The third kappa shape index (κ3) is 3.74. The molecule has 0 atom stereocenters. The minimum Gasteiger partial charge on any atom is -0.309 e. The van der Waals surface area contributed by atoms with E-state index < -0.39 is 10.0 Å². The van der Waals surface area contributed by atoms with Gasteiger partial charge in [0.1, 0.15) is 0 Å². The number of sulfonamides is 1. The fraction of sp³-hybridized carbons (Fsp3) is 1.00. The molecule has 1 heterocycles. The zero-order valence-electron chi connectivity index (χ0n) is 10.1. The molecule has 0 amide bonds. The lowest BCUT2D eigenvalue weighted by molar-refractivity contribution is 0.233. The predicted octanol–water partition coefficient (Wildman–Crippen LogP) is 0.656. The number of rotatable bonds is 3. The van der Waals surface area contributed by atoms with Crippen molar-refractivity contribution in [2.45, 2.75) is 33.2 Å². The van der Waals surface area contributed by atoms with E-state index in [2.05, 4.69) is 5.32 Å². The molecule has 0 aliphatic carbocycles. The van der Waals surface area contributed by atoms with Crippen LogP contribution in [0.25, 0.3) is 0 Å². The Hall–Kier alpha value is -0.130. The van der Waals surface area contributed by atoms with Gasteiger partial charge in [-0.2, -0.15) is 4.31 Å². The first-order valence-corrected chi connectivity index (χ1v) is 7.07. The van der Waals surface area contributed by atoms with E-state index >= 15 is 0 Å². The summed E-state index contributed by atoms with van der Waals surface area (Å²) in [5.41, 5.74) is -0.109. The van der Waals surface area contributed by atoms with Gasteiger partial charge in [0.2, 0.25) is 10.0 Å². The smallest absolute Gasteiger partial charge is 0.214 e. The Kier molecular flexibility index (Phi) is 3.79. The molecule has 90 valence electrons. The van der Waals surface area contributed by atoms with Crippen molar-refractivity contribution in [1.29, 1.82) is 0 Å². The maximum atomic E-state index is 12.0. The molecule has 1 aliphatic rings. The summed E-state index contributed by atoms with van der Waals surface area (Å²) in [5, 5.41) is 3.31. The Bertz CT molecular complexity index is 309. The molecular weight excluding hydrogens is 212 g/mol. The highest BCUT2D eigenvalue weighted by Gasteiger charge is 2.32. The van der Waals surface area contributed by atoms with Crippen molar-refractivity contribution in [3.05, 3.63) is 0 Å². The van der Waals surface area contributed by atoms with Crippen molar-refractivity contribution in [2.75, 3.05) is 25.4 Å². The van der Waals surface area contributed by atoms with Gasteiger partial charge in [-0.1, -0.05) is 13.8 Å². The molecule has 0 aromatic rings. The van der Waals surface area contributed by atoms with Crippen LogP contribution in [0.5, 0.6) is 0 Å². The van der Waals surface area contributed by atoms with Crippen LogP contribution in [0.2, 0.25) is 0 Å². The van der Waals surface area contributed by atoms with E-state index in [4.69, 9.17) is 0 Å². The fourth-order valence-electron chi connectivity index (χ4n) is 1.86. The Morgan fingerprint density at radius 3 is 2.47 bits per heavy atom. The second kappa shape index (κ2) is 4.39. The van der Waals surface area contributed by atoms with E-state index in [1.807, 2.05) is 27.7 Å². The van der Waals surface area contributed by atoms with Crippen molar-refractivity contribution in [2.24, 2.45) is 5.92 Å². The lowest BCUT2D eigenvalue weighted by Crippen LogP contribution is -2.58. The summed E-state index contributed by atoms with van der Waals surface area (Å²) in [6.45, 7) is 9.84. The molecule has 15 heavy (non-hydrogen) atoms. The summed E-state index contributed by atoms with van der Waals surface area (Å²) >= 11 is 0. The highest BCUT2D eigenvalue weighted by molar-refractivity contribution is 7.89. The van der Waals surface area contributed by atoms with Crippen LogP contribution >= 0.6 is 0 Å². The minimum absolute atomic E-state index is 0.109. The molecule has 1 N–H and O–H groups in total. The summed E-state index contributed by atoms with van der Waals surface area (Å²) in [6.07, 6.45) is 0. The summed E-state index contributed by atoms with van der Waals surface area (Å²) in [5.74, 6) is 0.441. The number of nitrogens with one attached hydrogen (secondary N) is 1. The molecule has 1 saturated heterocycles. The van der Waals surface area contributed by atoms with Crippen LogP contribution < -0.4 is 5.32 Å². The fourth-order valence-corrected chi connectivity index (χ4v) is 3.80. The second-order valence-electron chi connectivity index (χ2n) is 5.32. The highest BCUT2D eigenvalue weighted by Crippen LogP contribution is 2.15. The van der Waals surface area contributed by atoms with Crippen LogP contribution in [0.1, 0.15) is 27.7 Å². The van der Waals surface area contributed by atoms with Crippen LogP contribution in [0.15, 0.2) is 0 Å². The van der Waals surface area contributed by atoms with Gasteiger partial charge in [0.05, 0.1) is 5.75 Å². The van der Waals surface area contributed by atoms with Gasteiger partial charge in [-0.05, 0) is 19.8 Å². The average Bonchev–Trinajstić information content (AvgIpc) is 1.99. The molecule has 0 bridgehead atoms. The molecule has 0 aromatic carbocycles. The van der Waals surface area contributed by atoms with Gasteiger partial charge in [0.25, 0.3) is 0 Å². The Morgan fingerprint density at radius 2 is 2.00 bits per heavy atom. The monoisotopic (exact) mass is 234 g/mol. The maximum absolute atomic E-state index is 12.0. The molecule has 1 aliphatic heterocycles. The molecule has 0 unspecified atom stereocenters. The number of hydrogen-bond donors (Lipinski definition) is 1. The van der Waals surface area contributed by atoms with Gasteiger partial charge in [0, 0.05) is 25.2 Å². The Balaban J connectivity index is 2.71. The first kappa shape index (κ1) is 12.9. The third-order valence-corrected chi connectivity index (χ3v) is 4.66. The third-order valence-electron chi connectivity index (χ3n) is 2.47. The van der Waals surface area contributed by atoms with Gasteiger partial charge in [0.15, 0.2) is 0 Å². The second-order valence-corrected chi connectivity index (χ2v) is 7.33. The Morgan fingerprint density at radius 1 is 1.40 bits per heavy atom. The number of piperazine rings is 1. The van der Waals surface area contributed by atoms with E-state index in [-0.39, 0.29) is 17.2 Å². The van der Waals surface area contributed by atoms with E-state index in [1.165, 1.54) is 0 Å². The topological polar surface area (TPSA) is 49.4 Å². The zero-order valence-corrected chi connectivity index (χ0v) is 10.9. The van der Waals surface area contributed by atoms with E-state index in [9.17, 15) is 8.42 Å². The van der Waals surface area contributed by atoms with E-state index in [0.717, 1.165) is 6.54 Å². The molecule has 5 heteroatoms. The van der Waals surface area contributed by atoms with Crippen LogP contribution in [-0.4, -0.2) is 43.6 Å². The van der Waals surface area contributed by atoms with Gasteiger partial charge in [-0.3, -0.25) is 0 Å². The van der Waals surface area contributed by atoms with Crippen molar-refractivity contribution in [1.82, 2.24) is 9.62 Å². The summed E-state index contributed by atoms with van der Waals surface area (Å²) < 4.78 is 25.6. The first-order chi connectivity index (χ1) is 6.73. The van der Waals surface area contributed by atoms with Crippen molar-refractivity contribution < 1.29 is 8.42 Å². The molecule has 0 saturated carbocycles. The standard InChI is InChI=1S/C10H22N2O2S/c1-9(2)7-15(13,14)12-6-5-11-10(3,4)8-12/h9,11H,5-8H2,1-4H3. The van der Waals surface area contributed by atoms with E-state index in [0.29, 0.717) is 13.1 Å². The van der Waals surface area contributed by atoms with E-state index in [1.54, 1.807) is 4.31 Å². The van der Waals surface area contributed by atoms with Crippen LogP contribution in [0.4, 0.5) is 0 Å². The van der Waals surface area contributed by atoms with Crippen LogP contribution in [0.3, 0.4) is 0 Å². The van der Waals surface area contributed by atoms with Crippen LogP contribution in [-0.2, 0) is 10.0 Å². The average molecular weight is 234 g/mol. The summed E-state index contributed by atoms with van der Waals surface area (Å²) in [6, 6.07) is 0. The molecule has 1 rings (SSSR count). The highest BCUT2D eigenvalue weighted by atomic mass is 32.2. The predicted molar refractivity (Wildman–Crippen MR) is 62.3 cm³/mol. The summed E-state index contributed by atoms with van der Waals surface area (Å²) in [7, 11) is -3.06. The SMILES string of the molecule is CC(C)CS(=O)(=O)N1CCNC(C)(C)C1.